The Hall–Kier alpha value is -2.61. The van der Waals surface area contributed by atoms with Crippen molar-refractivity contribution >= 4 is 5.97 Å². The summed E-state index contributed by atoms with van der Waals surface area (Å²) in [6.45, 7) is 4.60. The maximum absolute atomic E-state index is 12.4. The van der Waals surface area contributed by atoms with E-state index in [0.29, 0.717) is 11.7 Å². The van der Waals surface area contributed by atoms with Crippen LogP contribution in [-0.2, 0) is 25.4 Å². The molecule has 4 aliphatic rings. The summed E-state index contributed by atoms with van der Waals surface area (Å²) in [7, 11) is 1.47. The predicted molar refractivity (Wildman–Crippen MR) is 134 cm³/mol. The second-order valence-corrected chi connectivity index (χ2v) is 10.4. The number of rotatable bonds is 6. The van der Waals surface area contributed by atoms with Crippen molar-refractivity contribution in [1.82, 2.24) is 4.90 Å². The molecule has 2 N–H and O–H groups in total. The number of hydrogen-bond donors (Lipinski definition) is 2. The molecule has 0 radical (unpaired) electrons. The smallest absolute Gasteiger partial charge is 0.345 e. The van der Waals surface area contributed by atoms with Crippen LogP contribution in [-0.4, -0.2) is 59.5 Å². The van der Waals surface area contributed by atoms with Gasteiger partial charge in [0.15, 0.2) is 11.5 Å². The third-order valence-electron chi connectivity index (χ3n) is 8.39. The second-order valence-electron chi connectivity index (χ2n) is 10.4. The number of ether oxygens (including phenoxy) is 3. The van der Waals surface area contributed by atoms with Gasteiger partial charge in [0.2, 0.25) is 5.76 Å². The minimum absolute atomic E-state index is 0.0530. The maximum Gasteiger partial charge on any atom is 0.345 e. The summed E-state index contributed by atoms with van der Waals surface area (Å²) in [5.74, 6) is 1.90. The van der Waals surface area contributed by atoms with E-state index in [-0.39, 0.29) is 47.1 Å². The molecule has 2 fully saturated rings. The number of allylic oxidation sites excluding steroid dienone is 1. The largest absolute Gasteiger partial charge is 0.492 e. The van der Waals surface area contributed by atoms with Crippen LogP contribution in [0.4, 0.5) is 0 Å². The Morgan fingerprint density at radius 3 is 2.67 bits per heavy atom. The van der Waals surface area contributed by atoms with Crippen LogP contribution in [0.1, 0.15) is 45.1 Å². The molecule has 1 aromatic rings. The fourth-order valence-corrected chi connectivity index (χ4v) is 6.70. The van der Waals surface area contributed by atoms with Crippen LogP contribution in [0.3, 0.4) is 0 Å². The van der Waals surface area contributed by atoms with Crippen molar-refractivity contribution < 1.29 is 29.2 Å². The summed E-state index contributed by atoms with van der Waals surface area (Å²) in [6, 6.07) is 10.9. The van der Waals surface area contributed by atoms with Crippen LogP contribution in [0.15, 0.2) is 65.0 Å². The number of carbonyl (C=O) groups is 1. The van der Waals surface area contributed by atoms with E-state index in [4.69, 9.17) is 14.2 Å². The highest BCUT2D eigenvalue weighted by atomic mass is 16.6. The molecule has 7 nitrogen and oxygen atoms in total. The zero-order valence-corrected chi connectivity index (χ0v) is 21.4. The number of fused-ring (bicyclic) bond motifs is 3. The SMILES string of the molecule is CC[C@H](O)[C@@H]1C[C@H](Cc2ccccc2)C[C@H]2[C@@H]3C(=CCCN21)O/C(=C1/OC(=O)C(CO)=C1OC)[C@H]3C. The lowest BCUT2D eigenvalue weighted by Gasteiger charge is -2.49. The minimum atomic E-state index is -0.595. The first-order chi connectivity index (χ1) is 17.5. The van der Waals surface area contributed by atoms with E-state index in [1.807, 2.05) is 6.07 Å². The Morgan fingerprint density at radius 2 is 1.97 bits per heavy atom. The average molecular weight is 496 g/mol. The van der Waals surface area contributed by atoms with E-state index < -0.39 is 12.6 Å². The molecule has 6 atom stereocenters. The van der Waals surface area contributed by atoms with Gasteiger partial charge in [0.05, 0.1) is 19.8 Å². The van der Waals surface area contributed by atoms with Gasteiger partial charge in [-0.2, -0.15) is 0 Å². The fraction of sp³-hybridized carbons (Fsp3) is 0.552. The summed E-state index contributed by atoms with van der Waals surface area (Å²) >= 11 is 0. The molecule has 0 aromatic heterocycles. The highest BCUT2D eigenvalue weighted by Crippen LogP contribution is 2.50. The van der Waals surface area contributed by atoms with Crippen molar-refractivity contribution in [3.8, 4) is 0 Å². The van der Waals surface area contributed by atoms with Gasteiger partial charge in [-0.3, -0.25) is 4.90 Å². The van der Waals surface area contributed by atoms with Crippen molar-refractivity contribution in [3.63, 3.8) is 0 Å². The molecule has 0 amide bonds. The second kappa shape index (κ2) is 10.4. The van der Waals surface area contributed by atoms with Crippen LogP contribution in [0, 0.1) is 17.8 Å². The van der Waals surface area contributed by atoms with Crippen LogP contribution < -0.4 is 0 Å². The number of carbonyl (C=O) groups excluding carboxylic acids is 1. The van der Waals surface area contributed by atoms with Crippen LogP contribution in [0.2, 0.25) is 0 Å². The lowest BCUT2D eigenvalue weighted by Crippen LogP contribution is -2.56. The lowest BCUT2D eigenvalue weighted by atomic mass is 9.74. The predicted octanol–water partition coefficient (Wildman–Crippen LogP) is 3.68. The molecular weight excluding hydrogens is 458 g/mol. The van der Waals surface area contributed by atoms with Gasteiger partial charge in [-0.25, -0.2) is 4.79 Å². The molecule has 0 spiro atoms. The number of hydrogen-bond acceptors (Lipinski definition) is 7. The Bertz CT molecular complexity index is 1080. The summed E-state index contributed by atoms with van der Waals surface area (Å²) in [4.78, 5) is 14.9. The molecule has 194 valence electrons. The number of esters is 1. The van der Waals surface area contributed by atoms with Crippen molar-refractivity contribution in [1.29, 1.82) is 0 Å². The Labute approximate surface area is 213 Å². The first kappa shape index (κ1) is 25.1. The van der Waals surface area contributed by atoms with Gasteiger partial charge >= 0.3 is 5.97 Å². The molecule has 4 heterocycles. The summed E-state index contributed by atoms with van der Waals surface area (Å²) in [6.07, 6.45) is 6.31. The highest BCUT2D eigenvalue weighted by molar-refractivity contribution is 5.94. The van der Waals surface area contributed by atoms with Gasteiger partial charge in [0.25, 0.3) is 0 Å². The van der Waals surface area contributed by atoms with Gasteiger partial charge in [0.1, 0.15) is 11.3 Å². The van der Waals surface area contributed by atoms with E-state index >= 15 is 0 Å². The molecule has 2 saturated heterocycles. The summed E-state index contributed by atoms with van der Waals surface area (Å²) < 4.78 is 17.4. The Kier molecular flexibility index (Phi) is 7.24. The van der Waals surface area contributed by atoms with E-state index in [1.165, 1.54) is 12.7 Å². The molecule has 1 aromatic carbocycles. The van der Waals surface area contributed by atoms with Crippen molar-refractivity contribution in [3.05, 3.63) is 70.6 Å². The molecule has 4 aliphatic heterocycles. The Balaban J connectivity index is 1.50. The summed E-state index contributed by atoms with van der Waals surface area (Å²) in [5.41, 5.74) is 1.44. The number of benzene rings is 1. The number of aliphatic hydroxyl groups is 2. The monoisotopic (exact) mass is 495 g/mol. The standard InChI is InChI=1S/C29H37NO6/c1-4-23(32)21-14-19(13-18-9-6-5-7-10-18)15-22-25-17(2)26(35-24(25)11-8-12-30(21)22)28-27(34-3)20(16-31)29(33)36-28/h5-7,9-11,17,19,21-23,25,31-32H,4,8,12-16H2,1-3H3/b28-26+/t17-,19-,21-,22-,23-,25+/m0/s1. The highest BCUT2D eigenvalue weighted by Gasteiger charge is 2.51. The fourth-order valence-electron chi connectivity index (χ4n) is 6.70. The topological polar surface area (TPSA) is 88.5 Å². The van der Waals surface area contributed by atoms with Crippen LogP contribution >= 0.6 is 0 Å². The molecular formula is C29H37NO6. The van der Waals surface area contributed by atoms with Crippen molar-refractivity contribution in [2.24, 2.45) is 17.8 Å². The average Bonchev–Trinajstić information content (AvgIpc) is 3.31. The van der Waals surface area contributed by atoms with E-state index in [0.717, 1.165) is 44.4 Å². The number of methoxy groups -OCH3 is 1. The van der Waals surface area contributed by atoms with Gasteiger partial charge < -0.3 is 24.4 Å². The number of piperidine rings is 1. The van der Waals surface area contributed by atoms with Gasteiger partial charge in [-0.1, -0.05) is 44.2 Å². The third kappa shape index (κ3) is 4.38. The number of aliphatic hydroxyl groups excluding tert-OH is 2. The zero-order valence-electron chi connectivity index (χ0n) is 21.4. The molecule has 0 bridgehead atoms. The Morgan fingerprint density at radius 1 is 1.19 bits per heavy atom. The van der Waals surface area contributed by atoms with E-state index in [9.17, 15) is 15.0 Å². The number of nitrogens with zero attached hydrogens (tertiary/aromatic N) is 1. The van der Waals surface area contributed by atoms with Gasteiger partial charge in [-0.15, -0.1) is 0 Å². The lowest BCUT2D eigenvalue weighted by molar-refractivity contribution is -0.133. The first-order valence-electron chi connectivity index (χ1n) is 13.2. The maximum atomic E-state index is 12.4. The minimum Gasteiger partial charge on any atom is -0.492 e. The van der Waals surface area contributed by atoms with Gasteiger partial charge in [0, 0.05) is 30.5 Å². The molecule has 0 saturated carbocycles. The molecule has 5 rings (SSSR count). The number of cyclic esters (lactones) is 1. The molecule has 0 unspecified atom stereocenters. The third-order valence-corrected chi connectivity index (χ3v) is 8.39. The first-order valence-corrected chi connectivity index (χ1v) is 13.2. The van der Waals surface area contributed by atoms with E-state index in [2.05, 4.69) is 49.1 Å². The normalized spacial score (nSPS) is 33.3. The van der Waals surface area contributed by atoms with Crippen molar-refractivity contribution in [2.75, 3.05) is 20.3 Å². The van der Waals surface area contributed by atoms with Crippen molar-refractivity contribution in [2.45, 2.75) is 64.1 Å². The quantitative estimate of drug-likeness (QED) is 0.582. The van der Waals surface area contributed by atoms with Gasteiger partial charge in [-0.05, 0) is 49.7 Å². The van der Waals surface area contributed by atoms with Crippen LogP contribution in [0.25, 0.3) is 0 Å². The molecule has 7 heteroatoms. The summed E-state index contributed by atoms with van der Waals surface area (Å²) in [5, 5.41) is 20.8. The zero-order chi connectivity index (χ0) is 25.4. The molecule has 36 heavy (non-hydrogen) atoms. The van der Waals surface area contributed by atoms with Crippen LogP contribution in [0.5, 0.6) is 0 Å². The molecule has 0 aliphatic carbocycles. The van der Waals surface area contributed by atoms with E-state index in [1.54, 1.807) is 0 Å².